The van der Waals surface area contributed by atoms with Gasteiger partial charge in [0.1, 0.15) is 0 Å². The van der Waals surface area contributed by atoms with Crippen LogP contribution in [0.1, 0.15) is 13.3 Å². The van der Waals surface area contributed by atoms with Crippen LogP contribution in [0.25, 0.3) is 0 Å². The van der Waals surface area contributed by atoms with Gasteiger partial charge < -0.3 is 15.3 Å². The Morgan fingerprint density at radius 1 is 1.22 bits per heavy atom. The topological polar surface area (TPSA) is 104 Å². The SMILES string of the molecule is CC1CC(C(=O)O)CN(C(=O)Nc2ccc(S(C)(=O)=O)cc2)C1. The molecule has 0 aliphatic carbocycles. The minimum atomic E-state index is -3.28. The maximum absolute atomic E-state index is 12.3. The highest BCUT2D eigenvalue weighted by atomic mass is 32.2. The number of nitrogens with one attached hydrogen (secondary N) is 1. The van der Waals surface area contributed by atoms with E-state index >= 15 is 0 Å². The highest BCUT2D eigenvalue weighted by molar-refractivity contribution is 7.90. The maximum atomic E-state index is 12.3. The first kappa shape index (κ1) is 17.3. The van der Waals surface area contributed by atoms with Crippen molar-refractivity contribution in [2.75, 3.05) is 24.7 Å². The van der Waals surface area contributed by atoms with Crippen molar-refractivity contribution in [2.45, 2.75) is 18.2 Å². The number of carbonyl (C=O) groups is 2. The molecule has 0 spiro atoms. The van der Waals surface area contributed by atoms with Gasteiger partial charge in [-0.2, -0.15) is 0 Å². The molecule has 2 N–H and O–H groups in total. The average Bonchev–Trinajstić information content (AvgIpc) is 2.46. The number of aliphatic carboxylic acids is 1. The van der Waals surface area contributed by atoms with Gasteiger partial charge >= 0.3 is 12.0 Å². The van der Waals surface area contributed by atoms with E-state index in [4.69, 9.17) is 5.11 Å². The predicted molar refractivity (Wildman–Crippen MR) is 85.1 cm³/mol. The van der Waals surface area contributed by atoms with E-state index in [1.54, 1.807) is 0 Å². The van der Waals surface area contributed by atoms with Crippen LogP contribution in [0.4, 0.5) is 10.5 Å². The molecule has 1 saturated heterocycles. The van der Waals surface area contributed by atoms with Gasteiger partial charge in [0.05, 0.1) is 10.8 Å². The number of hydrogen-bond acceptors (Lipinski definition) is 4. The van der Waals surface area contributed by atoms with Crippen LogP contribution in [0.2, 0.25) is 0 Å². The Hall–Kier alpha value is -2.09. The first-order valence-corrected chi connectivity index (χ1v) is 9.15. The molecule has 2 amide bonds. The van der Waals surface area contributed by atoms with Gasteiger partial charge in [-0.15, -0.1) is 0 Å². The number of rotatable bonds is 3. The molecule has 1 aromatic carbocycles. The van der Waals surface area contributed by atoms with Gasteiger partial charge in [-0.05, 0) is 36.6 Å². The number of carboxylic acids is 1. The Morgan fingerprint density at radius 3 is 2.35 bits per heavy atom. The fourth-order valence-electron chi connectivity index (χ4n) is 2.68. The molecule has 0 aromatic heterocycles. The number of sulfone groups is 1. The largest absolute Gasteiger partial charge is 0.481 e. The second-order valence-corrected chi connectivity index (χ2v) is 8.02. The molecule has 1 aliphatic rings. The van der Waals surface area contributed by atoms with Crippen LogP contribution >= 0.6 is 0 Å². The summed E-state index contributed by atoms with van der Waals surface area (Å²) < 4.78 is 22.8. The van der Waals surface area contributed by atoms with Gasteiger partial charge in [0.25, 0.3) is 0 Å². The maximum Gasteiger partial charge on any atom is 0.321 e. The summed E-state index contributed by atoms with van der Waals surface area (Å²) in [7, 11) is -3.28. The van der Waals surface area contributed by atoms with E-state index in [-0.39, 0.29) is 23.4 Å². The lowest BCUT2D eigenvalue weighted by molar-refractivity contribution is -0.143. The number of hydrogen-bond donors (Lipinski definition) is 2. The molecule has 1 aliphatic heterocycles. The summed E-state index contributed by atoms with van der Waals surface area (Å²) in [5, 5.41) is 11.8. The second-order valence-electron chi connectivity index (χ2n) is 6.01. The van der Waals surface area contributed by atoms with Crippen molar-refractivity contribution in [3.63, 3.8) is 0 Å². The van der Waals surface area contributed by atoms with Gasteiger partial charge in [0.2, 0.25) is 0 Å². The van der Waals surface area contributed by atoms with Crippen molar-refractivity contribution < 1.29 is 23.1 Å². The van der Waals surface area contributed by atoms with Crippen LogP contribution in [0.15, 0.2) is 29.2 Å². The fraction of sp³-hybridized carbons (Fsp3) is 0.467. The Balaban J connectivity index is 2.05. The van der Waals surface area contributed by atoms with E-state index in [2.05, 4.69) is 5.32 Å². The van der Waals surface area contributed by atoms with Gasteiger partial charge in [-0.3, -0.25) is 4.79 Å². The third-order valence-electron chi connectivity index (χ3n) is 3.83. The molecule has 2 unspecified atom stereocenters. The zero-order chi connectivity index (χ0) is 17.2. The number of nitrogens with zero attached hydrogens (tertiary/aromatic N) is 1. The quantitative estimate of drug-likeness (QED) is 0.871. The van der Waals surface area contributed by atoms with Crippen LogP contribution < -0.4 is 5.32 Å². The van der Waals surface area contributed by atoms with Crippen LogP contribution in [0.3, 0.4) is 0 Å². The molecule has 0 bridgehead atoms. The zero-order valence-electron chi connectivity index (χ0n) is 13.0. The number of benzene rings is 1. The van der Waals surface area contributed by atoms with Gasteiger partial charge in [-0.25, -0.2) is 13.2 Å². The van der Waals surface area contributed by atoms with E-state index in [0.717, 1.165) is 6.26 Å². The Kier molecular flexibility index (Phi) is 4.93. The normalized spacial score (nSPS) is 21.7. The summed E-state index contributed by atoms with van der Waals surface area (Å²) in [5.74, 6) is -1.34. The van der Waals surface area contributed by atoms with Gasteiger partial charge in [0.15, 0.2) is 9.84 Å². The molecular weight excluding hydrogens is 320 g/mol. The third-order valence-corrected chi connectivity index (χ3v) is 4.96. The highest BCUT2D eigenvalue weighted by Gasteiger charge is 2.31. The van der Waals surface area contributed by atoms with Gasteiger partial charge in [-0.1, -0.05) is 6.92 Å². The summed E-state index contributed by atoms with van der Waals surface area (Å²) in [6.45, 7) is 2.58. The van der Waals surface area contributed by atoms with E-state index in [9.17, 15) is 18.0 Å². The predicted octanol–water partition coefficient (Wildman–Crippen LogP) is 1.66. The summed E-state index contributed by atoms with van der Waals surface area (Å²) in [6.07, 6.45) is 1.67. The van der Waals surface area contributed by atoms with E-state index in [0.29, 0.717) is 18.7 Å². The van der Waals surface area contributed by atoms with E-state index in [1.807, 2.05) is 6.92 Å². The molecule has 7 nitrogen and oxygen atoms in total. The first-order valence-electron chi connectivity index (χ1n) is 7.25. The molecule has 2 rings (SSSR count). The molecular formula is C15H20N2O5S. The van der Waals surface area contributed by atoms with E-state index in [1.165, 1.54) is 29.2 Å². The number of carbonyl (C=O) groups excluding carboxylic acids is 1. The Morgan fingerprint density at radius 2 is 1.83 bits per heavy atom. The third kappa shape index (κ3) is 4.44. The lowest BCUT2D eigenvalue weighted by Gasteiger charge is -2.34. The summed E-state index contributed by atoms with van der Waals surface area (Å²) in [5.41, 5.74) is 0.465. The fourth-order valence-corrected chi connectivity index (χ4v) is 3.31. The highest BCUT2D eigenvalue weighted by Crippen LogP contribution is 2.23. The number of amides is 2. The molecule has 23 heavy (non-hydrogen) atoms. The van der Waals surface area contributed by atoms with Crippen LogP contribution in [-0.2, 0) is 14.6 Å². The first-order chi connectivity index (χ1) is 10.7. The lowest BCUT2D eigenvalue weighted by atomic mass is 9.91. The number of urea groups is 1. The summed E-state index contributed by atoms with van der Waals surface area (Å²) >= 11 is 0. The second kappa shape index (κ2) is 6.57. The van der Waals surface area contributed by atoms with Crippen molar-refractivity contribution >= 4 is 27.5 Å². The summed E-state index contributed by atoms with van der Waals surface area (Å²) in [6, 6.07) is 5.48. The van der Waals surface area contributed by atoms with E-state index < -0.39 is 21.7 Å². The minimum absolute atomic E-state index is 0.114. The molecule has 1 fully saturated rings. The van der Waals surface area contributed by atoms with Crippen molar-refractivity contribution in [1.29, 1.82) is 0 Å². The number of anilines is 1. The number of piperidine rings is 1. The van der Waals surface area contributed by atoms with Gasteiger partial charge in [0, 0.05) is 25.0 Å². The van der Waals surface area contributed by atoms with Crippen molar-refractivity contribution in [3.8, 4) is 0 Å². The average molecular weight is 340 g/mol. The molecule has 126 valence electrons. The molecule has 8 heteroatoms. The number of likely N-dealkylation sites (tertiary alicyclic amines) is 1. The molecule has 0 saturated carbocycles. The van der Waals surface area contributed by atoms with Crippen LogP contribution in [-0.4, -0.2) is 49.8 Å². The smallest absolute Gasteiger partial charge is 0.321 e. The molecule has 2 atom stereocenters. The molecule has 0 radical (unpaired) electrons. The minimum Gasteiger partial charge on any atom is -0.481 e. The summed E-state index contributed by atoms with van der Waals surface area (Å²) in [4.78, 5) is 25.1. The lowest BCUT2D eigenvalue weighted by Crippen LogP contribution is -2.47. The Bertz CT molecular complexity index is 699. The molecule has 1 heterocycles. The van der Waals surface area contributed by atoms with Crippen LogP contribution in [0, 0.1) is 11.8 Å². The standard InChI is InChI=1S/C15H20N2O5S/c1-10-7-11(14(18)19)9-17(8-10)15(20)16-12-3-5-13(6-4-12)23(2,21)22/h3-6,10-11H,7-9H2,1-2H3,(H,16,20)(H,18,19). The molecule has 1 aromatic rings. The monoisotopic (exact) mass is 340 g/mol. The van der Waals surface area contributed by atoms with Crippen LogP contribution in [0.5, 0.6) is 0 Å². The van der Waals surface area contributed by atoms with Crippen molar-refractivity contribution in [3.05, 3.63) is 24.3 Å². The number of carboxylic acid groups (broad SMARTS) is 1. The zero-order valence-corrected chi connectivity index (χ0v) is 13.8. The Labute approximate surface area is 135 Å². The van der Waals surface area contributed by atoms with Crippen molar-refractivity contribution in [2.24, 2.45) is 11.8 Å². The van der Waals surface area contributed by atoms with Crippen molar-refractivity contribution in [1.82, 2.24) is 4.90 Å².